The molecule has 0 spiro atoms. The van der Waals surface area contributed by atoms with Crippen LogP contribution in [0.5, 0.6) is 5.75 Å². The van der Waals surface area contributed by atoms with Crippen molar-refractivity contribution in [2.75, 3.05) is 13.7 Å². The van der Waals surface area contributed by atoms with E-state index in [1.54, 1.807) is 13.2 Å². The van der Waals surface area contributed by atoms with Gasteiger partial charge in [0.05, 0.1) is 12.1 Å². The molecule has 0 aliphatic rings. The molecule has 3 nitrogen and oxygen atoms in total. The molecule has 4 heteroatoms. The summed E-state index contributed by atoms with van der Waals surface area (Å²) in [6.07, 6.45) is 1.80. The van der Waals surface area contributed by atoms with Crippen LogP contribution in [-0.2, 0) is 0 Å². The van der Waals surface area contributed by atoms with E-state index in [-0.39, 0.29) is 6.04 Å². The zero-order chi connectivity index (χ0) is 11.3. The Balaban J connectivity index is 2.76. The molecular weight excluding hydrogens is 212 g/mol. The SMILES string of the molecule is COc1cc([C@@H](N)CCCN)ccc1Cl. The third kappa shape index (κ3) is 3.38. The summed E-state index contributed by atoms with van der Waals surface area (Å²) >= 11 is 5.92. The van der Waals surface area contributed by atoms with E-state index in [1.807, 2.05) is 12.1 Å². The molecule has 0 unspecified atom stereocenters. The highest BCUT2D eigenvalue weighted by molar-refractivity contribution is 6.32. The van der Waals surface area contributed by atoms with Crippen LogP contribution in [0.4, 0.5) is 0 Å². The molecular formula is C11H17ClN2O. The van der Waals surface area contributed by atoms with Crippen molar-refractivity contribution in [3.8, 4) is 5.75 Å². The summed E-state index contributed by atoms with van der Waals surface area (Å²) in [5, 5.41) is 0.604. The maximum atomic E-state index is 6.00. The van der Waals surface area contributed by atoms with Gasteiger partial charge in [-0.15, -0.1) is 0 Å². The van der Waals surface area contributed by atoms with Crippen LogP contribution in [0, 0.1) is 0 Å². The number of ether oxygens (including phenoxy) is 1. The number of benzene rings is 1. The summed E-state index contributed by atoms with van der Waals surface area (Å²) in [7, 11) is 1.59. The van der Waals surface area contributed by atoms with E-state index >= 15 is 0 Å². The lowest BCUT2D eigenvalue weighted by Crippen LogP contribution is -2.12. The Bertz CT molecular complexity index is 317. The van der Waals surface area contributed by atoms with E-state index in [0.29, 0.717) is 17.3 Å². The molecule has 15 heavy (non-hydrogen) atoms. The van der Waals surface area contributed by atoms with E-state index < -0.39 is 0 Å². The van der Waals surface area contributed by atoms with Gasteiger partial charge in [-0.25, -0.2) is 0 Å². The van der Waals surface area contributed by atoms with Gasteiger partial charge >= 0.3 is 0 Å². The topological polar surface area (TPSA) is 61.3 Å². The molecule has 1 atom stereocenters. The third-order valence-electron chi connectivity index (χ3n) is 2.32. The molecule has 0 amide bonds. The lowest BCUT2D eigenvalue weighted by Gasteiger charge is -2.13. The molecule has 0 aliphatic heterocycles. The van der Waals surface area contributed by atoms with Crippen molar-refractivity contribution in [1.29, 1.82) is 0 Å². The van der Waals surface area contributed by atoms with Crippen LogP contribution in [-0.4, -0.2) is 13.7 Å². The van der Waals surface area contributed by atoms with Crippen molar-refractivity contribution in [2.24, 2.45) is 11.5 Å². The zero-order valence-corrected chi connectivity index (χ0v) is 9.63. The predicted octanol–water partition coefficient (Wildman–Crippen LogP) is 2.09. The Morgan fingerprint density at radius 1 is 1.47 bits per heavy atom. The van der Waals surface area contributed by atoms with Crippen LogP contribution in [0.3, 0.4) is 0 Å². The molecule has 1 aromatic carbocycles. The van der Waals surface area contributed by atoms with Gasteiger partial charge in [-0.2, -0.15) is 0 Å². The first-order valence-electron chi connectivity index (χ1n) is 4.98. The molecule has 1 aromatic rings. The van der Waals surface area contributed by atoms with Gasteiger partial charge < -0.3 is 16.2 Å². The van der Waals surface area contributed by atoms with Crippen molar-refractivity contribution < 1.29 is 4.74 Å². The number of nitrogens with two attached hydrogens (primary N) is 2. The van der Waals surface area contributed by atoms with Gasteiger partial charge in [0.2, 0.25) is 0 Å². The predicted molar refractivity (Wildman–Crippen MR) is 63.2 cm³/mol. The van der Waals surface area contributed by atoms with Crippen molar-refractivity contribution in [1.82, 2.24) is 0 Å². The van der Waals surface area contributed by atoms with Crippen LogP contribution >= 0.6 is 11.6 Å². The molecule has 0 saturated heterocycles. The number of halogens is 1. The highest BCUT2D eigenvalue weighted by atomic mass is 35.5. The Hall–Kier alpha value is -0.770. The lowest BCUT2D eigenvalue weighted by molar-refractivity contribution is 0.414. The average molecular weight is 229 g/mol. The Kier molecular flexibility index (Phi) is 4.88. The van der Waals surface area contributed by atoms with E-state index in [0.717, 1.165) is 18.4 Å². The standard InChI is InChI=1S/C11H17ClN2O/c1-15-11-7-8(4-5-9(11)12)10(14)3-2-6-13/h4-5,7,10H,2-3,6,13-14H2,1H3/t10-/m0/s1. The van der Waals surface area contributed by atoms with Gasteiger partial charge in [-0.1, -0.05) is 17.7 Å². The van der Waals surface area contributed by atoms with Crippen LogP contribution < -0.4 is 16.2 Å². The fourth-order valence-electron chi connectivity index (χ4n) is 1.41. The van der Waals surface area contributed by atoms with Gasteiger partial charge in [-0.05, 0) is 37.1 Å². The average Bonchev–Trinajstić information content (AvgIpc) is 2.26. The fourth-order valence-corrected chi connectivity index (χ4v) is 1.61. The van der Waals surface area contributed by atoms with Gasteiger partial charge in [0.15, 0.2) is 0 Å². The number of rotatable bonds is 5. The van der Waals surface area contributed by atoms with Crippen LogP contribution in [0.25, 0.3) is 0 Å². The maximum Gasteiger partial charge on any atom is 0.137 e. The Labute approximate surface area is 95.4 Å². The Morgan fingerprint density at radius 3 is 2.80 bits per heavy atom. The summed E-state index contributed by atoms with van der Waals surface area (Å²) < 4.78 is 5.13. The van der Waals surface area contributed by atoms with Gasteiger partial charge in [0.1, 0.15) is 5.75 Å². The Morgan fingerprint density at radius 2 is 2.20 bits per heavy atom. The van der Waals surface area contributed by atoms with Crippen LogP contribution in [0.1, 0.15) is 24.4 Å². The fraction of sp³-hybridized carbons (Fsp3) is 0.455. The summed E-state index contributed by atoms with van der Waals surface area (Å²) in [5.74, 6) is 0.664. The third-order valence-corrected chi connectivity index (χ3v) is 2.63. The van der Waals surface area contributed by atoms with Crippen LogP contribution in [0.2, 0.25) is 5.02 Å². The minimum atomic E-state index is -0.000262. The molecule has 0 radical (unpaired) electrons. The summed E-state index contributed by atoms with van der Waals surface area (Å²) in [4.78, 5) is 0. The number of methoxy groups -OCH3 is 1. The molecule has 0 aromatic heterocycles. The number of hydrogen-bond acceptors (Lipinski definition) is 3. The lowest BCUT2D eigenvalue weighted by atomic mass is 10.0. The second kappa shape index (κ2) is 5.95. The van der Waals surface area contributed by atoms with Crippen molar-refractivity contribution in [2.45, 2.75) is 18.9 Å². The van der Waals surface area contributed by atoms with Gasteiger partial charge in [-0.3, -0.25) is 0 Å². The quantitative estimate of drug-likeness (QED) is 0.811. The second-order valence-electron chi connectivity index (χ2n) is 3.43. The highest BCUT2D eigenvalue weighted by Gasteiger charge is 2.08. The normalized spacial score (nSPS) is 12.5. The zero-order valence-electron chi connectivity index (χ0n) is 8.87. The second-order valence-corrected chi connectivity index (χ2v) is 3.84. The smallest absolute Gasteiger partial charge is 0.137 e. The van der Waals surface area contributed by atoms with E-state index in [4.69, 9.17) is 27.8 Å². The van der Waals surface area contributed by atoms with Gasteiger partial charge in [0, 0.05) is 6.04 Å². The minimum absolute atomic E-state index is 0.000262. The molecule has 0 saturated carbocycles. The maximum absolute atomic E-state index is 6.00. The molecule has 0 aliphatic carbocycles. The first kappa shape index (κ1) is 12.3. The van der Waals surface area contributed by atoms with E-state index in [9.17, 15) is 0 Å². The highest BCUT2D eigenvalue weighted by Crippen LogP contribution is 2.28. The minimum Gasteiger partial charge on any atom is -0.495 e. The summed E-state index contributed by atoms with van der Waals surface area (Å²) in [6, 6.07) is 5.60. The molecule has 84 valence electrons. The first-order chi connectivity index (χ1) is 7.19. The summed E-state index contributed by atoms with van der Waals surface area (Å²) in [5.41, 5.74) is 12.5. The molecule has 0 bridgehead atoms. The molecule has 4 N–H and O–H groups in total. The van der Waals surface area contributed by atoms with E-state index in [2.05, 4.69) is 0 Å². The van der Waals surface area contributed by atoms with Crippen molar-refractivity contribution >= 4 is 11.6 Å². The van der Waals surface area contributed by atoms with Gasteiger partial charge in [0.25, 0.3) is 0 Å². The molecule has 0 heterocycles. The van der Waals surface area contributed by atoms with Crippen molar-refractivity contribution in [3.05, 3.63) is 28.8 Å². The first-order valence-corrected chi connectivity index (χ1v) is 5.36. The van der Waals surface area contributed by atoms with E-state index in [1.165, 1.54) is 0 Å². The van der Waals surface area contributed by atoms with Crippen molar-refractivity contribution in [3.63, 3.8) is 0 Å². The van der Waals surface area contributed by atoms with Crippen LogP contribution in [0.15, 0.2) is 18.2 Å². The summed E-state index contributed by atoms with van der Waals surface area (Å²) in [6.45, 7) is 0.665. The molecule has 0 fully saturated rings. The monoisotopic (exact) mass is 228 g/mol. The number of hydrogen-bond donors (Lipinski definition) is 2. The molecule has 1 rings (SSSR count). The largest absolute Gasteiger partial charge is 0.495 e.